The van der Waals surface area contributed by atoms with Gasteiger partial charge in [0.25, 0.3) is 0 Å². The van der Waals surface area contributed by atoms with E-state index in [-0.39, 0.29) is 0 Å². The van der Waals surface area contributed by atoms with E-state index in [1.54, 1.807) is 0 Å². The summed E-state index contributed by atoms with van der Waals surface area (Å²) in [7, 11) is 0. The van der Waals surface area contributed by atoms with Crippen LogP contribution in [0.2, 0.25) is 0 Å². The van der Waals surface area contributed by atoms with E-state index >= 15 is 0 Å². The summed E-state index contributed by atoms with van der Waals surface area (Å²) in [6.07, 6.45) is 1.44. The highest BCUT2D eigenvalue weighted by Gasteiger charge is 1.87. The predicted molar refractivity (Wildman–Crippen MR) is 30.2 cm³/mol. The molecule has 1 aliphatic heterocycles. The standard InChI is InChI=1S/C4H3ClN2/c5-4-1-6-3-7-2-4/h3H,1H2. The maximum absolute atomic E-state index is 5.41. The first-order chi connectivity index (χ1) is 3.39. The minimum atomic E-state index is 0.533. The van der Waals surface area contributed by atoms with Crippen molar-refractivity contribution >= 4 is 23.8 Å². The molecule has 1 aliphatic rings. The van der Waals surface area contributed by atoms with Crippen LogP contribution in [0.1, 0.15) is 0 Å². The van der Waals surface area contributed by atoms with E-state index in [9.17, 15) is 0 Å². The lowest BCUT2D eigenvalue weighted by atomic mass is 10.6. The second-order valence-corrected chi connectivity index (χ2v) is 1.56. The zero-order chi connectivity index (χ0) is 5.11. The maximum Gasteiger partial charge on any atom is 0.120 e. The van der Waals surface area contributed by atoms with E-state index in [0.717, 1.165) is 0 Å². The van der Waals surface area contributed by atoms with E-state index in [1.165, 1.54) is 6.34 Å². The van der Waals surface area contributed by atoms with Crippen LogP contribution in [0.25, 0.3) is 0 Å². The Morgan fingerprint density at radius 1 is 1.86 bits per heavy atom. The zero-order valence-corrected chi connectivity index (χ0v) is 4.31. The third kappa shape index (κ3) is 1.15. The first kappa shape index (κ1) is 4.57. The molecular formula is C4H3ClN2. The van der Waals surface area contributed by atoms with Crippen molar-refractivity contribution in [2.24, 2.45) is 9.98 Å². The molecule has 0 bridgehead atoms. The smallest absolute Gasteiger partial charge is 0.120 e. The second kappa shape index (κ2) is 1.92. The molecule has 3 heteroatoms. The van der Waals surface area contributed by atoms with Crippen LogP contribution in [0.15, 0.2) is 15.0 Å². The van der Waals surface area contributed by atoms with Gasteiger partial charge in [-0.2, -0.15) is 4.99 Å². The molecule has 1 heterocycles. The Hall–Kier alpha value is -0.590. The van der Waals surface area contributed by atoms with Crippen LogP contribution in [0.4, 0.5) is 0 Å². The quantitative estimate of drug-likeness (QED) is 0.446. The number of halogens is 1. The average molecular weight is 115 g/mol. The summed E-state index contributed by atoms with van der Waals surface area (Å²) >= 11 is 5.41. The molecule has 0 atom stereocenters. The molecule has 2 nitrogen and oxygen atoms in total. The molecule has 0 fully saturated rings. The first-order valence-electron chi connectivity index (χ1n) is 1.85. The van der Waals surface area contributed by atoms with Crippen molar-refractivity contribution < 1.29 is 0 Å². The van der Waals surface area contributed by atoms with Gasteiger partial charge < -0.3 is 0 Å². The van der Waals surface area contributed by atoms with E-state index in [1.807, 2.05) is 0 Å². The van der Waals surface area contributed by atoms with Crippen molar-refractivity contribution in [2.75, 3.05) is 6.54 Å². The topological polar surface area (TPSA) is 24.7 Å². The van der Waals surface area contributed by atoms with Gasteiger partial charge in [0, 0.05) is 5.87 Å². The zero-order valence-electron chi connectivity index (χ0n) is 3.56. The molecule has 0 amide bonds. The summed E-state index contributed by atoms with van der Waals surface area (Å²) in [6, 6.07) is 0. The molecular weight excluding hydrogens is 112 g/mol. The van der Waals surface area contributed by atoms with Crippen molar-refractivity contribution in [3.8, 4) is 0 Å². The lowest BCUT2D eigenvalue weighted by Gasteiger charge is -1.86. The lowest BCUT2D eigenvalue weighted by molar-refractivity contribution is 1.23. The number of hydrogen-bond donors (Lipinski definition) is 0. The van der Waals surface area contributed by atoms with Gasteiger partial charge in [-0.15, -0.1) is 0 Å². The first-order valence-corrected chi connectivity index (χ1v) is 2.23. The Kier molecular flexibility index (Phi) is 1.25. The van der Waals surface area contributed by atoms with Crippen LogP contribution in [0, 0.1) is 0 Å². The van der Waals surface area contributed by atoms with Gasteiger partial charge in [-0.05, 0) is 0 Å². The summed E-state index contributed by atoms with van der Waals surface area (Å²) in [6.45, 7) is 0.533. The van der Waals surface area contributed by atoms with Gasteiger partial charge in [0.2, 0.25) is 0 Å². The van der Waals surface area contributed by atoms with Crippen molar-refractivity contribution in [3.05, 3.63) is 5.03 Å². The minimum absolute atomic E-state index is 0.533. The van der Waals surface area contributed by atoms with Crippen LogP contribution in [-0.4, -0.2) is 18.8 Å². The summed E-state index contributed by atoms with van der Waals surface area (Å²) in [5.41, 5.74) is 0. The maximum atomic E-state index is 5.41. The van der Waals surface area contributed by atoms with Gasteiger partial charge in [0.05, 0.1) is 6.54 Å². The highest BCUT2D eigenvalue weighted by atomic mass is 35.5. The Labute approximate surface area is 46.2 Å². The Balaban J connectivity index is 2.84. The van der Waals surface area contributed by atoms with Gasteiger partial charge >= 0.3 is 0 Å². The molecule has 0 radical (unpaired) electrons. The summed E-state index contributed by atoms with van der Waals surface area (Å²) in [4.78, 5) is 7.28. The van der Waals surface area contributed by atoms with Crippen LogP contribution in [0.5, 0.6) is 0 Å². The Morgan fingerprint density at radius 3 is 3.00 bits per heavy atom. The number of rotatable bonds is 0. The molecule has 0 saturated heterocycles. The minimum Gasteiger partial charge on any atom is -0.266 e. The lowest BCUT2D eigenvalue weighted by Crippen LogP contribution is -1.85. The van der Waals surface area contributed by atoms with Crippen molar-refractivity contribution in [2.45, 2.75) is 0 Å². The molecule has 0 aliphatic carbocycles. The molecule has 7 heavy (non-hydrogen) atoms. The highest BCUT2D eigenvalue weighted by molar-refractivity contribution is 6.34. The normalized spacial score (nSPS) is 17.0. The fourth-order valence-corrected chi connectivity index (χ4v) is 0.414. The van der Waals surface area contributed by atoms with E-state index in [0.29, 0.717) is 11.6 Å². The van der Waals surface area contributed by atoms with Crippen molar-refractivity contribution in [1.82, 2.24) is 0 Å². The van der Waals surface area contributed by atoms with Crippen LogP contribution in [0.3, 0.4) is 0 Å². The number of nitrogens with zero attached hydrogens (tertiary/aromatic N) is 2. The monoisotopic (exact) mass is 114 g/mol. The third-order valence-electron chi connectivity index (χ3n) is 0.555. The molecule has 0 aromatic carbocycles. The van der Waals surface area contributed by atoms with Crippen LogP contribution in [-0.2, 0) is 0 Å². The molecule has 0 spiro atoms. The number of aliphatic imine (C=N–C) groups is 2. The van der Waals surface area contributed by atoms with Crippen molar-refractivity contribution in [1.29, 1.82) is 0 Å². The fraction of sp³-hybridized carbons (Fsp3) is 0.250. The van der Waals surface area contributed by atoms with Crippen molar-refractivity contribution in [3.63, 3.8) is 0 Å². The number of hydrogen-bond acceptors (Lipinski definition) is 2. The fourth-order valence-electron chi connectivity index (χ4n) is 0.296. The molecule has 1 rings (SSSR count). The predicted octanol–water partition coefficient (Wildman–Crippen LogP) is 0.821. The van der Waals surface area contributed by atoms with Gasteiger partial charge in [-0.3, -0.25) is 4.99 Å². The Morgan fingerprint density at radius 2 is 2.71 bits per heavy atom. The van der Waals surface area contributed by atoms with Crippen LogP contribution < -0.4 is 0 Å². The highest BCUT2D eigenvalue weighted by Crippen LogP contribution is 1.96. The van der Waals surface area contributed by atoms with E-state index in [2.05, 4.69) is 15.9 Å². The average Bonchev–Trinajstić information content (AvgIpc) is 1.69. The second-order valence-electron chi connectivity index (χ2n) is 1.10. The third-order valence-corrected chi connectivity index (χ3v) is 0.759. The Bertz CT molecular complexity index is 153. The van der Waals surface area contributed by atoms with Gasteiger partial charge in [-0.25, -0.2) is 0 Å². The summed E-state index contributed by atoms with van der Waals surface area (Å²) in [5.74, 6) is 2.54. The molecule has 36 valence electrons. The van der Waals surface area contributed by atoms with Gasteiger partial charge in [0.15, 0.2) is 0 Å². The molecule has 0 aromatic rings. The SMILES string of the molecule is ClC1=C=NC=NC1. The van der Waals surface area contributed by atoms with E-state index in [4.69, 9.17) is 11.6 Å². The van der Waals surface area contributed by atoms with Gasteiger partial charge in [-0.1, -0.05) is 11.6 Å². The summed E-state index contributed by atoms with van der Waals surface area (Å²) in [5, 5.41) is 0.572. The van der Waals surface area contributed by atoms with E-state index < -0.39 is 0 Å². The molecule has 0 saturated carbocycles. The summed E-state index contributed by atoms with van der Waals surface area (Å²) < 4.78 is 0. The molecule has 0 aromatic heterocycles. The molecule has 0 N–H and O–H groups in total. The molecule has 0 unspecified atom stereocenters. The largest absolute Gasteiger partial charge is 0.266 e. The van der Waals surface area contributed by atoms with Crippen LogP contribution >= 0.6 is 11.6 Å². The van der Waals surface area contributed by atoms with Gasteiger partial charge in [0.1, 0.15) is 11.4 Å².